The molecular weight excluding hydrogens is 316 g/mol. The van der Waals surface area contributed by atoms with Gasteiger partial charge in [-0.3, -0.25) is 0 Å². The SMILES string of the molecule is O=C(O)COCCCC1CC(c2cccc(Oc3ccccc3)c2)C1. The molecule has 25 heavy (non-hydrogen) atoms. The molecule has 0 unspecified atom stereocenters. The predicted octanol–water partition coefficient (Wildman–Crippen LogP) is 4.85. The highest BCUT2D eigenvalue weighted by atomic mass is 16.5. The minimum Gasteiger partial charge on any atom is -0.480 e. The van der Waals surface area contributed by atoms with Gasteiger partial charge in [-0.25, -0.2) is 4.79 Å². The Labute approximate surface area is 148 Å². The molecule has 4 heteroatoms. The summed E-state index contributed by atoms with van der Waals surface area (Å²) in [5.41, 5.74) is 1.34. The van der Waals surface area contributed by atoms with Crippen molar-refractivity contribution in [1.29, 1.82) is 0 Å². The van der Waals surface area contributed by atoms with Crippen molar-refractivity contribution < 1.29 is 19.4 Å². The Balaban J connectivity index is 1.42. The van der Waals surface area contributed by atoms with Gasteiger partial charge in [-0.2, -0.15) is 0 Å². The maximum absolute atomic E-state index is 10.4. The summed E-state index contributed by atoms with van der Waals surface area (Å²) in [6.07, 6.45) is 4.42. The molecule has 1 saturated carbocycles. The molecule has 132 valence electrons. The molecule has 0 heterocycles. The van der Waals surface area contributed by atoms with E-state index in [0.717, 1.165) is 30.3 Å². The minimum absolute atomic E-state index is 0.193. The van der Waals surface area contributed by atoms with E-state index in [2.05, 4.69) is 18.2 Å². The summed E-state index contributed by atoms with van der Waals surface area (Å²) in [7, 11) is 0. The van der Waals surface area contributed by atoms with Gasteiger partial charge in [0.15, 0.2) is 0 Å². The Morgan fingerprint density at radius 3 is 2.56 bits per heavy atom. The maximum Gasteiger partial charge on any atom is 0.329 e. The van der Waals surface area contributed by atoms with Crippen molar-refractivity contribution in [2.24, 2.45) is 5.92 Å². The zero-order chi connectivity index (χ0) is 17.5. The summed E-state index contributed by atoms with van der Waals surface area (Å²) in [5, 5.41) is 8.52. The number of hydrogen-bond acceptors (Lipinski definition) is 3. The molecule has 4 nitrogen and oxygen atoms in total. The molecule has 1 aliphatic carbocycles. The van der Waals surface area contributed by atoms with Crippen molar-refractivity contribution >= 4 is 5.97 Å². The quantitative estimate of drug-likeness (QED) is 0.663. The van der Waals surface area contributed by atoms with E-state index in [1.807, 2.05) is 36.4 Å². The van der Waals surface area contributed by atoms with Crippen LogP contribution >= 0.6 is 0 Å². The third-order valence-corrected chi connectivity index (χ3v) is 4.67. The zero-order valence-corrected chi connectivity index (χ0v) is 14.3. The topological polar surface area (TPSA) is 55.8 Å². The Morgan fingerprint density at radius 1 is 1.04 bits per heavy atom. The van der Waals surface area contributed by atoms with Crippen molar-refractivity contribution in [3.05, 3.63) is 60.2 Å². The zero-order valence-electron chi connectivity index (χ0n) is 14.3. The number of carboxylic acid groups (broad SMARTS) is 1. The van der Waals surface area contributed by atoms with Crippen LogP contribution in [0, 0.1) is 5.92 Å². The summed E-state index contributed by atoms with van der Waals surface area (Å²) in [6, 6.07) is 18.2. The van der Waals surface area contributed by atoms with Crippen LogP contribution in [0.2, 0.25) is 0 Å². The molecule has 0 radical (unpaired) electrons. The van der Waals surface area contributed by atoms with Crippen molar-refractivity contribution in [3.63, 3.8) is 0 Å². The fraction of sp³-hybridized carbons (Fsp3) is 0.381. The molecule has 0 aliphatic heterocycles. The van der Waals surface area contributed by atoms with Crippen molar-refractivity contribution in [1.82, 2.24) is 0 Å². The molecular formula is C21H24O4. The van der Waals surface area contributed by atoms with Gasteiger partial charge in [0.1, 0.15) is 18.1 Å². The highest BCUT2D eigenvalue weighted by Crippen LogP contribution is 2.44. The van der Waals surface area contributed by atoms with Crippen LogP contribution in [0.15, 0.2) is 54.6 Å². The van der Waals surface area contributed by atoms with Crippen LogP contribution in [0.4, 0.5) is 0 Å². The number of para-hydroxylation sites is 1. The largest absolute Gasteiger partial charge is 0.480 e. The molecule has 0 aromatic heterocycles. The highest BCUT2D eigenvalue weighted by Gasteiger charge is 2.29. The van der Waals surface area contributed by atoms with Crippen molar-refractivity contribution in [2.75, 3.05) is 13.2 Å². The average molecular weight is 340 g/mol. The standard InChI is InChI=1S/C21H24O4/c22-21(23)15-24-11-5-6-16-12-18(13-16)17-7-4-10-20(14-17)25-19-8-2-1-3-9-19/h1-4,7-10,14,16,18H,5-6,11-13,15H2,(H,22,23). The van der Waals surface area contributed by atoms with Gasteiger partial charge in [-0.15, -0.1) is 0 Å². The van der Waals surface area contributed by atoms with Gasteiger partial charge >= 0.3 is 5.97 Å². The van der Waals surface area contributed by atoms with E-state index in [-0.39, 0.29) is 6.61 Å². The minimum atomic E-state index is -0.902. The van der Waals surface area contributed by atoms with Crippen LogP contribution < -0.4 is 4.74 Å². The first kappa shape index (κ1) is 17.5. The molecule has 2 aromatic carbocycles. The molecule has 0 spiro atoms. The molecule has 1 aliphatic rings. The Bertz CT molecular complexity index is 677. The van der Waals surface area contributed by atoms with E-state index in [4.69, 9.17) is 14.6 Å². The van der Waals surface area contributed by atoms with Crippen molar-refractivity contribution in [3.8, 4) is 11.5 Å². The predicted molar refractivity (Wildman–Crippen MR) is 96.1 cm³/mol. The summed E-state index contributed by atoms with van der Waals surface area (Å²) in [5.74, 6) is 2.16. The fourth-order valence-electron chi connectivity index (χ4n) is 3.33. The monoisotopic (exact) mass is 340 g/mol. The second-order valence-electron chi connectivity index (χ2n) is 6.61. The van der Waals surface area contributed by atoms with Gasteiger partial charge in [-0.05, 0) is 67.3 Å². The van der Waals surface area contributed by atoms with Crippen LogP contribution in [0.25, 0.3) is 0 Å². The average Bonchev–Trinajstić information content (AvgIpc) is 2.57. The lowest BCUT2D eigenvalue weighted by atomic mass is 9.70. The molecule has 2 aromatic rings. The van der Waals surface area contributed by atoms with Gasteiger partial charge < -0.3 is 14.6 Å². The number of benzene rings is 2. The van der Waals surface area contributed by atoms with Crippen molar-refractivity contribution in [2.45, 2.75) is 31.6 Å². The lowest BCUT2D eigenvalue weighted by Crippen LogP contribution is -2.22. The number of carboxylic acids is 1. The molecule has 1 N–H and O–H groups in total. The summed E-state index contributed by atoms with van der Waals surface area (Å²) >= 11 is 0. The first-order valence-corrected chi connectivity index (χ1v) is 8.83. The molecule has 1 fully saturated rings. The number of hydrogen-bond donors (Lipinski definition) is 1. The van der Waals surface area contributed by atoms with E-state index in [1.54, 1.807) is 0 Å². The lowest BCUT2D eigenvalue weighted by molar-refractivity contribution is -0.142. The smallest absolute Gasteiger partial charge is 0.329 e. The van der Waals surface area contributed by atoms with Gasteiger partial charge in [0.2, 0.25) is 0 Å². The molecule has 0 bridgehead atoms. The van der Waals surface area contributed by atoms with Gasteiger partial charge in [0.05, 0.1) is 0 Å². The Kier molecular flexibility index (Phi) is 6.07. The maximum atomic E-state index is 10.4. The molecule has 0 amide bonds. The third-order valence-electron chi connectivity index (χ3n) is 4.67. The van der Waals surface area contributed by atoms with E-state index in [9.17, 15) is 4.79 Å². The number of aliphatic carboxylic acids is 1. The first-order chi connectivity index (χ1) is 12.2. The van der Waals surface area contributed by atoms with Gasteiger partial charge in [0, 0.05) is 6.61 Å². The number of carbonyl (C=O) groups is 1. The summed E-state index contributed by atoms with van der Waals surface area (Å²) in [4.78, 5) is 10.4. The van der Waals surface area contributed by atoms with Crippen LogP contribution in [0.1, 0.15) is 37.2 Å². The molecule has 0 saturated heterocycles. The lowest BCUT2D eigenvalue weighted by Gasteiger charge is -2.36. The highest BCUT2D eigenvalue weighted by molar-refractivity contribution is 5.67. The summed E-state index contributed by atoms with van der Waals surface area (Å²) in [6.45, 7) is 0.343. The Morgan fingerprint density at radius 2 is 1.80 bits per heavy atom. The molecule has 3 rings (SSSR count). The van der Waals surface area contributed by atoms with Crippen LogP contribution in [-0.2, 0) is 9.53 Å². The second kappa shape index (κ2) is 8.67. The van der Waals surface area contributed by atoms with E-state index < -0.39 is 5.97 Å². The van der Waals surface area contributed by atoms with Gasteiger partial charge in [0.25, 0.3) is 0 Å². The van der Waals surface area contributed by atoms with E-state index >= 15 is 0 Å². The Hall–Kier alpha value is -2.33. The normalized spacial score (nSPS) is 19.2. The van der Waals surface area contributed by atoms with E-state index in [1.165, 1.54) is 18.4 Å². The second-order valence-corrected chi connectivity index (χ2v) is 6.61. The van der Waals surface area contributed by atoms with Crippen LogP contribution in [-0.4, -0.2) is 24.3 Å². The van der Waals surface area contributed by atoms with Gasteiger partial charge in [-0.1, -0.05) is 30.3 Å². The fourth-order valence-corrected chi connectivity index (χ4v) is 3.33. The number of ether oxygens (including phenoxy) is 2. The van der Waals surface area contributed by atoms with Crippen LogP contribution in [0.3, 0.4) is 0 Å². The third kappa shape index (κ3) is 5.33. The summed E-state index contributed by atoms with van der Waals surface area (Å²) < 4.78 is 11.0. The molecule has 0 atom stereocenters. The van der Waals surface area contributed by atoms with Crippen LogP contribution in [0.5, 0.6) is 11.5 Å². The number of rotatable bonds is 9. The van der Waals surface area contributed by atoms with E-state index in [0.29, 0.717) is 12.5 Å². The first-order valence-electron chi connectivity index (χ1n) is 8.83.